The first-order valence-electron chi connectivity index (χ1n) is 6.25. The Bertz CT molecular complexity index is 673. The predicted octanol–water partition coefficient (Wildman–Crippen LogP) is 3.81. The van der Waals surface area contributed by atoms with Gasteiger partial charge in [-0.05, 0) is 31.2 Å². The molecule has 0 atom stereocenters. The highest BCUT2D eigenvalue weighted by Gasteiger charge is 2.18. The molecule has 0 fully saturated rings. The van der Waals surface area contributed by atoms with Crippen molar-refractivity contribution in [2.24, 2.45) is 0 Å². The molecule has 2 rings (SSSR count). The lowest BCUT2D eigenvalue weighted by Crippen LogP contribution is -2.03. The van der Waals surface area contributed by atoms with E-state index in [1.807, 2.05) is 6.92 Å². The van der Waals surface area contributed by atoms with E-state index >= 15 is 0 Å². The van der Waals surface area contributed by atoms with Gasteiger partial charge in [-0.25, -0.2) is 4.79 Å². The van der Waals surface area contributed by atoms with Crippen molar-refractivity contribution in [1.82, 2.24) is 0 Å². The van der Waals surface area contributed by atoms with Crippen molar-refractivity contribution in [2.75, 3.05) is 12.3 Å². The number of halogens is 1. The van der Waals surface area contributed by atoms with Gasteiger partial charge < -0.3 is 20.3 Å². The van der Waals surface area contributed by atoms with E-state index in [9.17, 15) is 9.90 Å². The number of hydrogen-bond donors (Lipinski definition) is 2. The van der Waals surface area contributed by atoms with E-state index in [4.69, 9.17) is 26.8 Å². The minimum atomic E-state index is -1.17. The molecule has 0 unspecified atom stereocenters. The smallest absolute Gasteiger partial charge is 0.339 e. The van der Waals surface area contributed by atoms with Crippen LogP contribution in [0.4, 0.5) is 5.69 Å². The summed E-state index contributed by atoms with van der Waals surface area (Å²) in [7, 11) is 0. The van der Waals surface area contributed by atoms with Crippen molar-refractivity contribution >= 4 is 23.3 Å². The lowest BCUT2D eigenvalue weighted by Gasteiger charge is -2.14. The largest absolute Gasteiger partial charge is 0.490 e. The number of hydrogen-bond acceptors (Lipinski definition) is 4. The Kier molecular flexibility index (Phi) is 4.55. The molecule has 0 aromatic heterocycles. The molecule has 0 radical (unpaired) electrons. The molecule has 0 aliphatic heterocycles. The van der Waals surface area contributed by atoms with Crippen LogP contribution in [-0.2, 0) is 0 Å². The van der Waals surface area contributed by atoms with Crippen LogP contribution < -0.4 is 15.2 Å². The van der Waals surface area contributed by atoms with E-state index in [0.717, 1.165) is 0 Å². The van der Waals surface area contributed by atoms with Crippen LogP contribution in [0.25, 0.3) is 0 Å². The van der Waals surface area contributed by atoms with Crippen molar-refractivity contribution in [1.29, 1.82) is 0 Å². The van der Waals surface area contributed by atoms with Gasteiger partial charge in [0.15, 0.2) is 17.2 Å². The van der Waals surface area contributed by atoms with Crippen LogP contribution in [0.15, 0.2) is 36.4 Å². The lowest BCUT2D eigenvalue weighted by molar-refractivity contribution is 0.0694. The van der Waals surface area contributed by atoms with Crippen LogP contribution in [0.1, 0.15) is 17.3 Å². The van der Waals surface area contributed by atoms with E-state index in [1.54, 1.807) is 24.3 Å². The van der Waals surface area contributed by atoms with Gasteiger partial charge in [0, 0.05) is 5.69 Å². The fourth-order valence-electron chi connectivity index (χ4n) is 1.80. The van der Waals surface area contributed by atoms with E-state index in [0.29, 0.717) is 18.1 Å². The zero-order valence-electron chi connectivity index (χ0n) is 11.3. The predicted molar refractivity (Wildman–Crippen MR) is 80.5 cm³/mol. The molecular formula is C15H14ClNO4. The molecule has 0 spiro atoms. The highest BCUT2D eigenvalue weighted by Crippen LogP contribution is 2.38. The molecule has 21 heavy (non-hydrogen) atoms. The number of nitrogen functional groups attached to an aromatic ring is 1. The first kappa shape index (κ1) is 15.0. The second-order valence-corrected chi connectivity index (χ2v) is 4.57. The number of carbonyl (C=O) groups is 1. The maximum absolute atomic E-state index is 11.3. The van der Waals surface area contributed by atoms with Crippen molar-refractivity contribution < 1.29 is 19.4 Å². The maximum atomic E-state index is 11.3. The van der Waals surface area contributed by atoms with Crippen LogP contribution in [0.2, 0.25) is 5.02 Å². The summed E-state index contributed by atoms with van der Waals surface area (Å²) in [5.41, 5.74) is 5.76. The number of ether oxygens (including phenoxy) is 2. The summed E-state index contributed by atoms with van der Waals surface area (Å²) in [6.07, 6.45) is 0. The highest BCUT2D eigenvalue weighted by molar-refractivity contribution is 6.33. The van der Waals surface area contributed by atoms with Gasteiger partial charge in [0.05, 0.1) is 11.6 Å². The van der Waals surface area contributed by atoms with E-state index in [1.165, 1.54) is 12.1 Å². The number of anilines is 1. The first-order chi connectivity index (χ1) is 10.0. The van der Waals surface area contributed by atoms with Crippen molar-refractivity contribution in [3.05, 3.63) is 47.0 Å². The van der Waals surface area contributed by atoms with Gasteiger partial charge in [0.25, 0.3) is 0 Å². The van der Waals surface area contributed by atoms with Crippen LogP contribution in [-0.4, -0.2) is 17.7 Å². The first-order valence-corrected chi connectivity index (χ1v) is 6.62. The Morgan fingerprint density at radius 2 is 1.95 bits per heavy atom. The molecule has 2 aromatic carbocycles. The third-order valence-electron chi connectivity index (χ3n) is 2.66. The monoisotopic (exact) mass is 307 g/mol. The van der Waals surface area contributed by atoms with Crippen molar-refractivity contribution in [3.8, 4) is 17.2 Å². The highest BCUT2D eigenvalue weighted by atomic mass is 35.5. The second kappa shape index (κ2) is 6.37. The topological polar surface area (TPSA) is 81.8 Å². The Hall–Kier alpha value is -2.40. The number of aromatic carboxylic acids is 1. The summed E-state index contributed by atoms with van der Waals surface area (Å²) in [5.74, 6) is -0.253. The van der Waals surface area contributed by atoms with Crippen molar-refractivity contribution in [2.45, 2.75) is 6.92 Å². The molecule has 0 aliphatic carbocycles. The molecular weight excluding hydrogens is 294 g/mol. The number of carboxylic acid groups (broad SMARTS) is 1. The average molecular weight is 308 g/mol. The number of carboxylic acids is 1. The van der Waals surface area contributed by atoms with Gasteiger partial charge in [-0.1, -0.05) is 23.7 Å². The molecule has 0 saturated carbocycles. The molecule has 6 heteroatoms. The fraction of sp³-hybridized carbons (Fsp3) is 0.133. The lowest BCUT2D eigenvalue weighted by atomic mass is 10.1. The number of rotatable bonds is 5. The SMILES string of the molecule is CCOc1ccccc1Oc1c(Cl)cc(N)cc1C(=O)O. The molecule has 0 bridgehead atoms. The van der Waals surface area contributed by atoms with E-state index in [-0.39, 0.29) is 22.0 Å². The molecule has 0 aliphatic rings. The fourth-order valence-corrected chi connectivity index (χ4v) is 2.06. The third-order valence-corrected chi connectivity index (χ3v) is 2.94. The zero-order valence-corrected chi connectivity index (χ0v) is 12.1. The van der Waals surface area contributed by atoms with Gasteiger partial charge in [-0.3, -0.25) is 0 Å². The minimum absolute atomic E-state index is 0.0329. The summed E-state index contributed by atoms with van der Waals surface area (Å²) in [6.45, 7) is 2.30. The van der Waals surface area contributed by atoms with Gasteiger partial charge in [-0.2, -0.15) is 0 Å². The number of benzene rings is 2. The van der Waals surface area contributed by atoms with Gasteiger partial charge in [0.1, 0.15) is 5.56 Å². The van der Waals surface area contributed by atoms with Crippen LogP contribution in [0, 0.1) is 0 Å². The van der Waals surface area contributed by atoms with Gasteiger partial charge in [0.2, 0.25) is 0 Å². The van der Waals surface area contributed by atoms with Crippen LogP contribution >= 0.6 is 11.6 Å². The number of para-hydroxylation sites is 2. The Morgan fingerprint density at radius 1 is 1.29 bits per heavy atom. The summed E-state index contributed by atoms with van der Waals surface area (Å²) in [6, 6.07) is 9.68. The summed E-state index contributed by atoms with van der Waals surface area (Å²) < 4.78 is 11.1. The zero-order chi connectivity index (χ0) is 15.4. The summed E-state index contributed by atoms with van der Waals surface area (Å²) in [5, 5.41) is 9.36. The molecule has 5 nitrogen and oxygen atoms in total. The molecule has 3 N–H and O–H groups in total. The third kappa shape index (κ3) is 3.38. The Balaban J connectivity index is 2.47. The van der Waals surface area contributed by atoms with E-state index < -0.39 is 5.97 Å². The second-order valence-electron chi connectivity index (χ2n) is 4.17. The molecule has 110 valence electrons. The molecule has 0 heterocycles. The van der Waals surface area contributed by atoms with Crippen molar-refractivity contribution in [3.63, 3.8) is 0 Å². The normalized spacial score (nSPS) is 10.2. The summed E-state index contributed by atoms with van der Waals surface area (Å²) >= 11 is 6.05. The maximum Gasteiger partial charge on any atom is 0.339 e. The quantitative estimate of drug-likeness (QED) is 0.821. The molecule has 2 aromatic rings. The van der Waals surface area contributed by atoms with E-state index in [2.05, 4.69) is 0 Å². The minimum Gasteiger partial charge on any atom is -0.490 e. The Morgan fingerprint density at radius 3 is 2.57 bits per heavy atom. The van der Waals surface area contributed by atoms with Gasteiger partial charge in [-0.15, -0.1) is 0 Å². The Labute approximate surface area is 126 Å². The average Bonchev–Trinajstić information content (AvgIpc) is 2.43. The number of nitrogens with two attached hydrogens (primary N) is 1. The molecule has 0 amide bonds. The van der Waals surface area contributed by atoms with Crippen LogP contribution in [0.5, 0.6) is 17.2 Å². The van der Waals surface area contributed by atoms with Gasteiger partial charge >= 0.3 is 5.97 Å². The standard InChI is InChI=1S/C15H14ClNO4/c1-2-20-12-5-3-4-6-13(12)21-14-10(15(18)19)7-9(17)8-11(14)16/h3-8H,2,17H2,1H3,(H,18,19). The summed E-state index contributed by atoms with van der Waals surface area (Å²) in [4.78, 5) is 11.3. The van der Waals surface area contributed by atoms with Crippen LogP contribution in [0.3, 0.4) is 0 Å². The molecule has 0 saturated heterocycles.